The number of nitrogens with zero attached hydrogens (tertiary/aromatic N) is 2. The number of para-hydroxylation sites is 1. The van der Waals surface area contributed by atoms with Crippen molar-refractivity contribution >= 4 is 54.4 Å². The van der Waals surface area contributed by atoms with Gasteiger partial charge in [0.25, 0.3) is 5.91 Å². The van der Waals surface area contributed by atoms with Gasteiger partial charge in [-0.25, -0.2) is 4.98 Å². The third-order valence-corrected chi connectivity index (χ3v) is 3.75. The van der Waals surface area contributed by atoms with Crippen LogP contribution in [0.1, 0.15) is 10.5 Å². The number of fused-ring (bicyclic) bond motifs is 1. The molecule has 1 amide bonds. The second kappa shape index (κ2) is 5.91. The molecule has 0 bridgehead atoms. The van der Waals surface area contributed by atoms with Gasteiger partial charge in [-0.15, -0.1) is 0 Å². The Hall–Kier alpha value is -1.79. The number of carbonyl (C=O) groups excluding carboxylic acids is 1. The molecular formula is C15H9Br2N3O. The lowest BCUT2D eigenvalue weighted by Crippen LogP contribution is -2.14. The normalized spacial score (nSPS) is 10.6. The van der Waals surface area contributed by atoms with E-state index < -0.39 is 0 Å². The molecule has 0 aliphatic rings. The first-order chi connectivity index (χ1) is 10.1. The second-order valence-electron chi connectivity index (χ2n) is 4.33. The Morgan fingerprint density at radius 2 is 1.90 bits per heavy atom. The molecule has 0 saturated carbocycles. The number of hydrogen-bond donors (Lipinski definition) is 1. The third-order valence-electron chi connectivity index (χ3n) is 2.87. The molecule has 1 N–H and O–H groups in total. The van der Waals surface area contributed by atoms with Gasteiger partial charge in [0, 0.05) is 16.1 Å². The maximum Gasteiger partial charge on any atom is 0.274 e. The minimum Gasteiger partial charge on any atom is -0.319 e. The van der Waals surface area contributed by atoms with Crippen LogP contribution in [0, 0.1) is 0 Å². The van der Waals surface area contributed by atoms with E-state index in [1.807, 2.05) is 24.3 Å². The fourth-order valence-corrected chi connectivity index (χ4v) is 2.65. The second-order valence-corrected chi connectivity index (χ2v) is 6.06. The molecule has 4 nitrogen and oxygen atoms in total. The lowest BCUT2D eigenvalue weighted by atomic mass is 10.2. The van der Waals surface area contributed by atoms with Crippen molar-refractivity contribution < 1.29 is 4.79 Å². The Labute approximate surface area is 137 Å². The van der Waals surface area contributed by atoms with E-state index in [-0.39, 0.29) is 5.91 Å². The highest BCUT2D eigenvalue weighted by atomic mass is 79.9. The number of halogens is 2. The number of aromatic nitrogens is 2. The molecule has 0 spiro atoms. The first-order valence-electron chi connectivity index (χ1n) is 6.12. The summed E-state index contributed by atoms with van der Waals surface area (Å²) in [6, 6.07) is 12.8. The van der Waals surface area contributed by atoms with E-state index >= 15 is 0 Å². The van der Waals surface area contributed by atoms with Crippen LogP contribution in [0.5, 0.6) is 0 Å². The topological polar surface area (TPSA) is 54.9 Å². The summed E-state index contributed by atoms with van der Waals surface area (Å²) < 4.78 is 1.52. The third kappa shape index (κ3) is 3.11. The van der Waals surface area contributed by atoms with Crippen molar-refractivity contribution in [2.24, 2.45) is 0 Å². The van der Waals surface area contributed by atoms with Crippen LogP contribution in [0.25, 0.3) is 10.9 Å². The number of rotatable bonds is 2. The van der Waals surface area contributed by atoms with Gasteiger partial charge in [-0.3, -0.25) is 9.78 Å². The monoisotopic (exact) mass is 405 g/mol. The Morgan fingerprint density at radius 3 is 2.71 bits per heavy atom. The van der Waals surface area contributed by atoms with Gasteiger partial charge in [-0.1, -0.05) is 18.2 Å². The van der Waals surface area contributed by atoms with E-state index in [1.165, 1.54) is 0 Å². The van der Waals surface area contributed by atoms with Crippen LogP contribution in [0.3, 0.4) is 0 Å². The predicted molar refractivity (Wildman–Crippen MR) is 89.3 cm³/mol. The highest BCUT2D eigenvalue weighted by Crippen LogP contribution is 2.24. The average Bonchev–Trinajstić information content (AvgIpc) is 2.47. The molecule has 6 heteroatoms. The SMILES string of the molecule is O=C(Nc1cccc2cc(Br)cnc12)c1cccc(Br)n1. The molecule has 0 unspecified atom stereocenters. The van der Waals surface area contributed by atoms with Crippen molar-refractivity contribution in [2.45, 2.75) is 0 Å². The number of benzene rings is 1. The van der Waals surface area contributed by atoms with Crippen molar-refractivity contribution in [3.63, 3.8) is 0 Å². The van der Waals surface area contributed by atoms with Crippen molar-refractivity contribution in [1.29, 1.82) is 0 Å². The van der Waals surface area contributed by atoms with Crippen molar-refractivity contribution in [2.75, 3.05) is 5.32 Å². The van der Waals surface area contributed by atoms with Gasteiger partial charge in [-0.2, -0.15) is 0 Å². The summed E-state index contributed by atoms with van der Waals surface area (Å²) in [7, 11) is 0. The maximum atomic E-state index is 12.2. The highest BCUT2D eigenvalue weighted by Gasteiger charge is 2.10. The van der Waals surface area contributed by atoms with E-state index in [9.17, 15) is 4.79 Å². The van der Waals surface area contributed by atoms with Crippen LogP contribution in [0.15, 0.2) is 57.7 Å². The van der Waals surface area contributed by atoms with E-state index in [4.69, 9.17) is 0 Å². The quantitative estimate of drug-likeness (QED) is 0.641. The zero-order chi connectivity index (χ0) is 14.8. The summed E-state index contributed by atoms with van der Waals surface area (Å²) in [5.41, 5.74) is 1.74. The number of carbonyl (C=O) groups is 1. The van der Waals surface area contributed by atoms with Gasteiger partial charge in [0.1, 0.15) is 10.3 Å². The molecule has 21 heavy (non-hydrogen) atoms. The average molecular weight is 407 g/mol. The Kier molecular flexibility index (Phi) is 3.98. The van der Waals surface area contributed by atoms with Crippen LogP contribution >= 0.6 is 31.9 Å². The fourth-order valence-electron chi connectivity index (χ4n) is 1.96. The number of amides is 1. The van der Waals surface area contributed by atoms with Crippen LogP contribution in [0.2, 0.25) is 0 Å². The molecule has 0 atom stereocenters. The molecule has 0 aliphatic carbocycles. The summed E-state index contributed by atoms with van der Waals surface area (Å²) in [5.74, 6) is -0.270. The number of hydrogen-bond acceptors (Lipinski definition) is 3. The first kappa shape index (κ1) is 14.2. The van der Waals surface area contributed by atoms with E-state index in [0.717, 1.165) is 15.4 Å². The number of pyridine rings is 2. The molecule has 0 radical (unpaired) electrons. The Balaban J connectivity index is 1.96. The number of nitrogens with one attached hydrogen (secondary N) is 1. The largest absolute Gasteiger partial charge is 0.319 e. The van der Waals surface area contributed by atoms with Gasteiger partial charge < -0.3 is 5.32 Å². The Bertz CT molecular complexity index is 836. The maximum absolute atomic E-state index is 12.2. The molecular weight excluding hydrogens is 398 g/mol. The zero-order valence-corrected chi connectivity index (χ0v) is 13.8. The molecule has 0 saturated heterocycles. The highest BCUT2D eigenvalue weighted by molar-refractivity contribution is 9.10. The summed E-state index contributed by atoms with van der Waals surface area (Å²) >= 11 is 6.64. The molecule has 0 fully saturated rings. The van der Waals surface area contributed by atoms with Crippen LogP contribution in [-0.2, 0) is 0 Å². The molecule has 1 aromatic carbocycles. The van der Waals surface area contributed by atoms with Crippen molar-refractivity contribution in [3.05, 3.63) is 63.4 Å². The van der Waals surface area contributed by atoms with Gasteiger partial charge in [0.15, 0.2) is 0 Å². The summed E-state index contributed by atoms with van der Waals surface area (Å²) in [4.78, 5) is 20.7. The minimum absolute atomic E-state index is 0.270. The lowest BCUT2D eigenvalue weighted by Gasteiger charge is -2.08. The van der Waals surface area contributed by atoms with Gasteiger partial charge in [-0.05, 0) is 56.1 Å². The van der Waals surface area contributed by atoms with Crippen LogP contribution in [-0.4, -0.2) is 15.9 Å². The van der Waals surface area contributed by atoms with Gasteiger partial charge in [0.05, 0.1) is 11.2 Å². The molecule has 2 heterocycles. The molecule has 2 aromatic heterocycles. The number of anilines is 1. The van der Waals surface area contributed by atoms with E-state index in [1.54, 1.807) is 24.4 Å². The minimum atomic E-state index is -0.270. The van der Waals surface area contributed by atoms with E-state index in [2.05, 4.69) is 47.1 Å². The van der Waals surface area contributed by atoms with Crippen molar-refractivity contribution in [3.8, 4) is 0 Å². The standard InChI is InChI=1S/C15H9Br2N3O/c16-10-7-9-3-1-4-11(14(9)18-8-10)20-15(21)12-5-2-6-13(17)19-12/h1-8H,(H,20,21). The van der Waals surface area contributed by atoms with Crippen LogP contribution in [0.4, 0.5) is 5.69 Å². The Morgan fingerprint density at radius 1 is 1.10 bits per heavy atom. The lowest BCUT2D eigenvalue weighted by molar-refractivity contribution is 0.102. The van der Waals surface area contributed by atoms with Gasteiger partial charge in [0.2, 0.25) is 0 Å². The smallest absolute Gasteiger partial charge is 0.274 e. The fraction of sp³-hybridized carbons (Fsp3) is 0. The molecule has 0 aliphatic heterocycles. The first-order valence-corrected chi connectivity index (χ1v) is 7.70. The molecule has 104 valence electrons. The van der Waals surface area contributed by atoms with Crippen molar-refractivity contribution in [1.82, 2.24) is 9.97 Å². The molecule has 3 aromatic rings. The molecule has 3 rings (SSSR count). The summed E-state index contributed by atoms with van der Waals surface area (Å²) in [6.07, 6.45) is 1.70. The summed E-state index contributed by atoms with van der Waals surface area (Å²) in [6.45, 7) is 0. The van der Waals surface area contributed by atoms with Crippen LogP contribution < -0.4 is 5.32 Å². The van der Waals surface area contributed by atoms with Gasteiger partial charge >= 0.3 is 0 Å². The van der Waals surface area contributed by atoms with E-state index in [0.29, 0.717) is 16.0 Å². The predicted octanol–water partition coefficient (Wildman–Crippen LogP) is 4.41. The summed E-state index contributed by atoms with van der Waals surface area (Å²) in [5, 5.41) is 3.80. The zero-order valence-electron chi connectivity index (χ0n) is 10.7.